The molecule has 6 nitrogen and oxygen atoms in total. The summed E-state index contributed by atoms with van der Waals surface area (Å²) in [4.78, 5) is 16.9. The Balaban J connectivity index is 0.00000193. The first-order valence-corrected chi connectivity index (χ1v) is 10.0. The molecule has 1 amide bonds. The number of nitrogens with zero attached hydrogens (tertiary/aromatic N) is 1. The number of carbonyl (C=O) groups excluding carboxylic acids is 1. The van der Waals surface area contributed by atoms with E-state index < -0.39 is 5.91 Å². The van der Waals surface area contributed by atoms with Crippen LogP contribution in [0.3, 0.4) is 0 Å². The highest BCUT2D eigenvalue weighted by atomic mass is 35.5. The molecule has 4 aromatic rings. The highest BCUT2D eigenvalue weighted by Crippen LogP contribution is 2.28. The molecule has 0 fully saturated rings. The maximum Gasteiger partial charge on any atom is 0.275 e. The summed E-state index contributed by atoms with van der Waals surface area (Å²) in [5.74, 6) is -0.614. The molecular formula is C25H25Cl2N3O3. The second kappa shape index (κ2) is 11.6. The summed E-state index contributed by atoms with van der Waals surface area (Å²) >= 11 is 0. The zero-order valence-electron chi connectivity index (χ0n) is 17.7. The number of carbonyl (C=O) groups is 1. The molecule has 1 heterocycles. The fourth-order valence-electron chi connectivity index (χ4n) is 3.62. The van der Waals surface area contributed by atoms with Crippen molar-refractivity contribution in [2.75, 3.05) is 12.3 Å². The van der Waals surface area contributed by atoms with Gasteiger partial charge in [-0.1, -0.05) is 48.5 Å². The number of hydroxylamine groups is 1. The molecule has 8 heteroatoms. The molecule has 1 aromatic heterocycles. The molecule has 0 aliphatic heterocycles. The smallest absolute Gasteiger partial charge is 0.275 e. The van der Waals surface area contributed by atoms with Gasteiger partial charge in [-0.15, -0.1) is 24.8 Å². The van der Waals surface area contributed by atoms with E-state index in [1.165, 1.54) is 5.56 Å². The van der Waals surface area contributed by atoms with Gasteiger partial charge in [-0.05, 0) is 53.8 Å². The van der Waals surface area contributed by atoms with Crippen LogP contribution in [-0.4, -0.2) is 27.8 Å². The molecule has 0 bridgehead atoms. The number of anilines is 1. The first kappa shape index (κ1) is 26.1. The van der Waals surface area contributed by atoms with Gasteiger partial charge in [0.05, 0.1) is 16.8 Å². The number of nitrogens with one attached hydrogen (secondary N) is 1. The van der Waals surface area contributed by atoms with Gasteiger partial charge >= 0.3 is 0 Å². The van der Waals surface area contributed by atoms with E-state index in [-0.39, 0.29) is 31.4 Å². The second-order valence-corrected chi connectivity index (χ2v) is 7.37. The maximum absolute atomic E-state index is 12.2. The van der Waals surface area contributed by atoms with Crippen molar-refractivity contribution in [2.45, 2.75) is 12.8 Å². The van der Waals surface area contributed by atoms with E-state index in [0.717, 1.165) is 29.5 Å². The van der Waals surface area contributed by atoms with Gasteiger partial charge in [-0.2, -0.15) is 0 Å². The monoisotopic (exact) mass is 485 g/mol. The molecule has 0 atom stereocenters. The van der Waals surface area contributed by atoms with E-state index in [2.05, 4.69) is 29.2 Å². The highest BCUT2D eigenvalue weighted by molar-refractivity contribution is 6.07. The van der Waals surface area contributed by atoms with E-state index in [4.69, 9.17) is 16.0 Å². The normalized spacial score (nSPS) is 10.2. The number of fused-ring (bicyclic) bond motifs is 1. The highest BCUT2D eigenvalue weighted by Gasteiger charge is 2.14. The van der Waals surface area contributed by atoms with E-state index in [0.29, 0.717) is 27.8 Å². The van der Waals surface area contributed by atoms with Crippen LogP contribution in [0.4, 0.5) is 5.69 Å². The number of hydrogen-bond acceptors (Lipinski definition) is 5. The van der Waals surface area contributed by atoms with Crippen LogP contribution >= 0.6 is 24.8 Å². The molecule has 0 spiro atoms. The third-order valence-corrected chi connectivity index (χ3v) is 5.27. The Kier molecular flexibility index (Phi) is 9.20. The molecule has 172 valence electrons. The number of amides is 1. The largest absolute Gasteiger partial charge is 0.399 e. The Morgan fingerprint density at radius 3 is 2.09 bits per heavy atom. The lowest BCUT2D eigenvalue weighted by molar-refractivity contribution is 0.0708. The minimum absolute atomic E-state index is 0. The molecule has 0 saturated heterocycles. The van der Waals surface area contributed by atoms with Crippen molar-refractivity contribution < 1.29 is 15.1 Å². The number of halogens is 2. The summed E-state index contributed by atoms with van der Waals surface area (Å²) in [5, 5.41) is 18.7. The number of hydrogen-bond donors (Lipinski definition) is 4. The van der Waals surface area contributed by atoms with Crippen molar-refractivity contribution in [3.63, 3.8) is 0 Å². The topological polar surface area (TPSA) is 108 Å². The van der Waals surface area contributed by atoms with Crippen LogP contribution in [0.1, 0.15) is 22.3 Å². The van der Waals surface area contributed by atoms with E-state index in [1.807, 2.05) is 24.3 Å². The van der Waals surface area contributed by atoms with Crippen LogP contribution < -0.4 is 11.2 Å². The Labute approximate surface area is 204 Å². The van der Waals surface area contributed by atoms with Gasteiger partial charge in [-0.3, -0.25) is 10.0 Å². The standard InChI is InChI=1S/C25H23N3O3.2ClH/c26-20-11-12-23-21(14-20)22(25(30)28-31)15-24(27-23)19-9-7-18(8-10-19)17-5-3-16(4-6-17)2-1-13-29;;/h3-12,14-15,29,31H,1-2,13,26H2,(H,28,30);2*1H. The summed E-state index contributed by atoms with van der Waals surface area (Å²) in [7, 11) is 0. The molecule has 0 unspecified atom stereocenters. The molecule has 0 saturated carbocycles. The molecule has 33 heavy (non-hydrogen) atoms. The van der Waals surface area contributed by atoms with Crippen molar-refractivity contribution in [1.82, 2.24) is 10.5 Å². The van der Waals surface area contributed by atoms with Crippen molar-refractivity contribution in [2.24, 2.45) is 0 Å². The molecule has 5 N–H and O–H groups in total. The average molecular weight is 486 g/mol. The Morgan fingerprint density at radius 2 is 1.48 bits per heavy atom. The molecular weight excluding hydrogens is 461 g/mol. The van der Waals surface area contributed by atoms with Crippen molar-refractivity contribution >= 4 is 47.3 Å². The molecule has 0 aliphatic carbocycles. The van der Waals surface area contributed by atoms with Gasteiger partial charge in [0.25, 0.3) is 5.91 Å². The zero-order chi connectivity index (χ0) is 21.8. The fraction of sp³-hybridized carbons (Fsp3) is 0.120. The molecule has 0 aliphatic rings. The number of rotatable bonds is 6. The molecule has 3 aromatic carbocycles. The summed E-state index contributed by atoms with van der Waals surface area (Å²) in [6.07, 6.45) is 1.62. The van der Waals surface area contributed by atoms with Crippen LogP contribution in [0, 0.1) is 0 Å². The number of nitrogens with two attached hydrogens (primary N) is 1. The van der Waals surface area contributed by atoms with Gasteiger partial charge in [0.1, 0.15) is 0 Å². The van der Waals surface area contributed by atoms with Crippen LogP contribution in [0.5, 0.6) is 0 Å². The first-order valence-electron chi connectivity index (χ1n) is 10.0. The predicted octanol–water partition coefficient (Wildman–Crippen LogP) is 5.04. The summed E-state index contributed by atoms with van der Waals surface area (Å²) in [6.45, 7) is 0.196. The Morgan fingerprint density at radius 1 is 0.879 bits per heavy atom. The first-order chi connectivity index (χ1) is 15.1. The predicted molar refractivity (Wildman–Crippen MR) is 136 cm³/mol. The lowest BCUT2D eigenvalue weighted by Crippen LogP contribution is -2.19. The lowest BCUT2D eigenvalue weighted by atomic mass is 9.99. The van der Waals surface area contributed by atoms with Gasteiger partial charge < -0.3 is 10.8 Å². The van der Waals surface area contributed by atoms with Gasteiger partial charge in [0.15, 0.2) is 0 Å². The van der Waals surface area contributed by atoms with Crippen molar-refractivity contribution in [1.29, 1.82) is 0 Å². The number of aromatic nitrogens is 1. The van der Waals surface area contributed by atoms with Crippen LogP contribution in [0.25, 0.3) is 33.3 Å². The third kappa shape index (κ3) is 5.80. The Hall–Kier alpha value is -3.16. The SMILES string of the molecule is Cl.Cl.Nc1ccc2nc(-c3ccc(-c4ccc(CCCO)cc4)cc3)cc(C(=O)NO)c2c1. The number of aliphatic hydroxyl groups is 1. The minimum Gasteiger partial charge on any atom is -0.399 e. The minimum atomic E-state index is -0.614. The summed E-state index contributed by atoms with van der Waals surface area (Å²) in [6, 6.07) is 23.1. The van der Waals surface area contributed by atoms with Gasteiger partial charge in [0.2, 0.25) is 0 Å². The summed E-state index contributed by atoms with van der Waals surface area (Å²) in [5.41, 5.74) is 13.8. The third-order valence-electron chi connectivity index (χ3n) is 5.27. The van der Waals surface area contributed by atoms with Crippen LogP contribution in [0.2, 0.25) is 0 Å². The van der Waals surface area contributed by atoms with Crippen molar-refractivity contribution in [3.8, 4) is 22.4 Å². The number of aryl methyl sites for hydroxylation is 1. The van der Waals surface area contributed by atoms with Gasteiger partial charge in [-0.25, -0.2) is 10.5 Å². The average Bonchev–Trinajstić information content (AvgIpc) is 2.82. The van der Waals surface area contributed by atoms with Gasteiger partial charge in [0, 0.05) is 23.2 Å². The lowest BCUT2D eigenvalue weighted by Gasteiger charge is -2.10. The number of benzene rings is 3. The maximum atomic E-state index is 12.2. The number of pyridine rings is 1. The van der Waals surface area contributed by atoms with E-state index >= 15 is 0 Å². The quantitative estimate of drug-likeness (QED) is 0.174. The van der Waals surface area contributed by atoms with E-state index in [1.54, 1.807) is 29.7 Å². The second-order valence-electron chi connectivity index (χ2n) is 7.37. The van der Waals surface area contributed by atoms with E-state index in [9.17, 15) is 4.79 Å². The Bertz CT molecular complexity index is 1230. The van der Waals surface area contributed by atoms with Crippen LogP contribution in [0.15, 0.2) is 72.8 Å². The molecule has 0 radical (unpaired) electrons. The number of nitrogen functional groups attached to an aromatic ring is 1. The van der Waals surface area contributed by atoms with Crippen LogP contribution in [-0.2, 0) is 6.42 Å². The fourth-order valence-corrected chi connectivity index (χ4v) is 3.62. The zero-order valence-corrected chi connectivity index (χ0v) is 19.3. The number of aliphatic hydroxyl groups excluding tert-OH is 1. The van der Waals surface area contributed by atoms with Crippen molar-refractivity contribution in [3.05, 3.63) is 83.9 Å². The summed E-state index contributed by atoms with van der Waals surface area (Å²) < 4.78 is 0. The molecule has 4 rings (SSSR count).